The topological polar surface area (TPSA) is 84.9 Å². The molecule has 0 spiro atoms. The van der Waals surface area contributed by atoms with E-state index < -0.39 is 17.8 Å². The van der Waals surface area contributed by atoms with Crippen LogP contribution < -0.4 is 19.7 Å². The number of hydrogen-bond acceptors (Lipinski definition) is 5. The number of hydrogen-bond donors (Lipinski definition) is 1. The van der Waals surface area contributed by atoms with E-state index in [0.29, 0.717) is 29.4 Å². The summed E-state index contributed by atoms with van der Waals surface area (Å²) < 4.78 is 11.4. The first-order chi connectivity index (χ1) is 17.3. The van der Waals surface area contributed by atoms with E-state index in [2.05, 4.69) is 11.4 Å². The van der Waals surface area contributed by atoms with E-state index in [-0.39, 0.29) is 5.57 Å². The van der Waals surface area contributed by atoms with Crippen molar-refractivity contribution in [1.82, 2.24) is 5.32 Å². The van der Waals surface area contributed by atoms with Crippen molar-refractivity contribution in [3.63, 3.8) is 0 Å². The summed E-state index contributed by atoms with van der Waals surface area (Å²) in [4.78, 5) is 39.5. The van der Waals surface area contributed by atoms with Gasteiger partial charge in [-0.05, 0) is 61.7 Å². The van der Waals surface area contributed by atoms with Crippen LogP contribution in [0.2, 0.25) is 0 Å². The first kappa shape index (κ1) is 24.7. The van der Waals surface area contributed by atoms with Crippen molar-refractivity contribution in [2.45, 2.75) is 33.8 Å². The highest BCUT2D eigenvalue weighted by Crippen LogP contribution is 2.30. The Morgan fingerprint density at radius 1 is 0.889 bits per heavy atom. The number of rotatable bonds is 7. The Morgan fingerprint density at radius 2 is 1.58 bits per heavy atom. The molecule has 184 valence electrons. The molecule has 4 amide bonds. The Morgan fingerprint density at radius 3 is 2.22 bits per heavy atom. The highest BCUT2D eigenvalue weighted by molar-refractivity contribution is 6.39. The fourth-order valence-electron chi connectivity index (χ4n) is 4.13. The SMILES string of the molecule is CCc1ccc(N2C(=O)NC(=O)/C(=C\c3ccc(OC)cc3OCc3cc(C)cc(C)c3)C2=O)cc1. The first-order valence-electron chi connectivity index (χ1n) is 11.7. The number of imide groups is 2. The zero-order valence-electron chi connectivity index (χ0n) is 20.8. The molecule has 1 N–H and O–H groups in total. The molecule has 0 unspecified atom stereocenters. The van der Waals surface area contributed by atoms with E-state index >= 15 is 0 Å². The molecule has 0 saturated carbocycles. The molecule has 1 saturated heterocycles. The Balaban J connectivity index is 1.67. The minimum absolute atomic E-state index is 0.171. The normalized spacial score (nSPS) is 14.7. The van der Waals surface area contributed by atoms with Crippen molar-refractivity contribution in [2.24, 2.45) is 0 Å². The largest absolute Gasteiger partial charge is 0.497 e. The Hall–Kier alpha value is -4.39. The van der Waals surface area contributed by atoms with Crippen LogP contribution >= 0.6 is 0 Å². The van der Waals surface area contributed by atoms with Crippen molar-refractivity contribution >= 4 is 29.6 Å². The van der Waals surface area contributed by atoms with Crippen molar-refractivity contribution in [2.75, 3.05) is 12.0 Å². The third-order valence-electron chi connectivity index (χ3n) is 5.90. The average molecular weight is 485 g/mol. The summed E-state index contributed by atoms with van der Waals surface area (Å²) in [5.74, 6) is -0.455. The Labute approximate surface area is 210 Å². The van der Waals surface area contributed by atoms with Crippen LogP contribution in [0.5, 0.6) is 11.5 Å². The van der Waals surface area contributed by atoms with Gasteiger partial charge >= 0.3 is 6.03 Å². The minimum Gasteiger partial charge on any atom is -0.497 e. The zero-order chi connectivity index (χ0) is 25.8. The number of nitrogens with one attached hydrogen (secondary N) is 1. The number of urea groups is 1. The fourth-order valence-corrected chi connectivity index (χ4v) is 4.13. The number of aryl methyl sites for hydroxylation is 3. The second-order valence-corrected chi connectivity index (χ2v) is 8.67. The molecule has 1 aliphatic heterocycles. The fraction of sp³-hybridized carbons (Fsp3) is 0.207. The van der Waals surface area contributed by atoms with E-state index in [0.717, 1.165) is 33.6 Å². The number of amides is 4. The van der Waals surface area contributed by atoms with Gasteiger partial charge in [0.15, 0.2) is 0 Å². The standard InChI is InChI=1S/C29H28N2O5/c1-5-20-6-9-23(10-7-20)31-28(33)25(27(32)30-29(31)34)15-22-8-11-24(35-4)16-26(22)36-17-21-13-18(2)12-19(3)14-21/h6-16H,5,17H2,1-4H3,(H,30,32,34)/b25-15+. The van der Waals surface area contributed by atoms with Gasteiger partial charge in [0, 0.05) is 11.6 Å². The van der Waals surface area contributed by atoms with Crippen molar-refractivity contribution < 1.29 is 23.9 Å². The Bertz CT molecular complexity index is 1340. The summed E-state index contributed by atoms with van der Waals surface area (Å²) in [6.45, 7) is 6.35. The lowest BCUT2D eigenvalue weighted by Gasteiger charge is -2.26. The lowest BCUT2D eigenvalue weighted by atomic mass is 10.0. The van der Waals surface area contributed by atoms with Gasteiger partial charge in [0.25, 0.3) is 11.8 Å². The van der Waals surface area contributed by atoms with Crippen LogP contribution in [0.15, 0.2) is 66.2 Å². The highest BCUT2D eigenvalue weighted by atomic mass is 16.5. The number of anilines is 1. The van der Waals surface area contributed by atoms with Crippen LogP contribution in [-0.4, -0.2) is 25.0 Å². The second kappa shape index (κ2) is 10.5. The van der Waals surface area contributed by atoms with E-state index in [1.54, 1.807) is 37.4 Å². The minimum atomic E-state index is -0.785. The van der Waals surface area contributed by atoms with Crippen LogP contribution in [0.3, 0.4) is 0 Å². The summed E-state index contributed by atoms with van der Waals surface area (Å²) in [6.07, 6.45) is 2.26. The van der Waals surface area contributed by atoms with Crippen LogP contribution in [0.25, 0.3) is 6.08 Å². The summed E-state index contributed by atoms with van der Waals surface area (Å²) in [5.41, 5.74) is 5.04. The maximum atomic E-state index is 13.3. The van der Waals surface area contributed by atoms with E-state index in [1.165, 1.54) is 6.08 Å². The molecule has 4 rings (SSSR count). The molecular formula is C29H28N2O5. The molecule has 3 aromatic carbocycles. The van der Waals surface area contributed by atoms with Crippen molar-refractivity contribution in [1.29, 1.82) is 0 Å². The van der Waals surface area contributed by atoms with E-state index in [4.69, 9.17) is 9.47 Å². The lowest BCUT2D eigenvalue weighted by molar-refractivity contribution is -0.122. The number of ether oxygens (including phenoxy) is 2. The maximum Gasteiger partial charge on any atom is 0.335 e. The molecule has 0 aromatic heterocycles. The predicted molar refractivity (Wildman–Crippen MR) is 138 cm³/mol. The van der Waals surface area contributed by atoms with Crippen LogP contribution in [0.4, 0.5) is 10.5 Å². The monoisotopic (exact) mass is 484 g/mol. The molecule has 7 nitrogen and oxygen atoms in total. The van der Waals surface area contributed by atoms with E-state index in [9.17, 15) is 14.4 Å². The summed E-state index contributed by atoms with van der Waals surface area (Å²) in [5, 5.41) is 2.26. The maximum absolute atomic E-state index is 13.3. The molecule has 1 fully saturated rings. The summed E-state index contributed by atoms with van der Waals surface area (Å²) in [7, 11) is 1.55. The number of carbonyl (C=O) groups excluding carboxylic acids is 3. The van der Waals surface area contributed by atoms with Crippen molar-refractivity contribution in [3.05, 3.63) is 94.1 Å². The number of barbiturate groups is 1. The Kier molecular flexibility index (Phi) is 7.20. The smallest absolute Gasteiger partial charge is 0.335 e. The number of methoxy groups -OCH3 is 1. The molecule has 7 heteroatoms. The average Bonchev–Trinajstić information content (AvgIpc) is 2.85. The number of nitrogens with zero attached hydrogens (tertiary/aromatic N) is 1. The van der Waals surface area contributed by atoms with Gasteiger partial charge in [-0.15, -0.1) is 0 Å². The van der Waals surface area contributed by atoms with Gasteiger partial charge in [-0.1, -0.05) is 48.4 Å². The third-order valence-corrected chi connectivity index (χ3v) is 5.90. The highest BCUT2D eigenvalue weighted by Gasteiger charge is 2.37. The number of benzene rings is 3. The molecular weight excluding hydrogens is 456 g/mol. The van der Waals surface area contributed by atoms with Crippen LogP contribution in [-0.2, 0) is 22.6 Å². The van der Waals surface area contributed by atoms with Crippen LogP contribution in [0, 0.1) is 13.8 Å². The molecule has 1 heterocycles. The van der Waals surface area contributed by atoms with Gasteiger partial charge < -0.3 is 9.47 Å². The molecule has 0 bridgehead atoms. The molecule has 1 aliphatic rings. The zero-order valence-corrected chi connectivity index (χ0v) is 20.8. The molecule has 0 atom stereocenters. The van der Waals surface area contributed by atoms with Crippen LogP contribution in [0.1, 0.15) is 34.7 Å². The predicted octanol–water partition coefficient (Wildman–Crippen LogP) is 5.12. The van der Waals surface area contributed by atoms with Gasteiger partial charge in [-0.3, -0.25) is 14.9 Å². The second-order valence-electron chi connectivity index (χ2n) is 8.67. The van der Waals surface area contributed by atoms with Crippen molar-refractivity contribution in [3.8, 4) is 11.5 Å². The quantitative estimate of drug-likeness (QED) is 0.372. The summed E-state index contributed by atoms with van der Waals surface area (Å²) in [6, 6.07) is 17.6. The van der Waals surface area contributed by atoms with Gasteiger partial charge in [-0.2, -0.15) is 0 Å². The molecule has 36 heavy (non-hydrogen) atoms. The van der Waals surface area contributed by atoms with Gasteiger partial charge in [0.05, 0.1) is 12.8 Å². The molecule has 0 aliphatic carbocycles. The summed E-state index contributed by atoms with van der Waals surface area (Å²) >= 11 is 0. The van der Waals surface area contributed by atoms with Gasteiger partial charge in [0.2, 0.25) is 0 Å². The van der Waals surface area contributed by atoms with Gasteiger partial charge in [-0.25, -0.2) is 9.69 Å². The number of carbonyl (C=O) groups is 3. The molecule has 0 radical (unpaired) electrons. The van der Waals surface area contributed by atoms with Gasteiger partial charge in [0.1, 0.15) is 23.7 Å². The first-order valence-corrected chi connectivity index (χ1v) is 11.7. The lowest BCUT2D eigenvalue weighted by Crippen LogP contribution is -2.54. The molecule has 3 aromatic rings. The van der Waals surface area contributed by atoms with E-state index in [1.807, 2.05) is 45.0 Å². The third kappa shape index (κ3) is 5.30.